The second-order valence-electron chi connectivity index (χ2n) is 3.28. The van der Waals surface area contributed by atoms with Gasteiger partial charge in [-0.1, -0.05) is 0 Å². The maximum absolute atomic E-state index is 13.2. The average molecular weight is 253 g/mol. The van der Waals surface area contributed by atoms with Crippen molar-refractivity contribution in [2.75, 3.05) is 5.32 Å². The molecule has 0 aromatic carbocycles. The molecular formula is C11H6F3N3O. The molecule has 0 fully saturated rings. The second kappa shape index (κ2) is 4.82. The van der Waals surface area contributed by atoms with E-state index in [0.717, 1.165) is 24.4 Å². The summed E-state index contributed by atoms with van der Waals surface area (Å²) in [5.74, 6) is -3.91. The molecule has 2 heterocycles. The van der Waals surface area contributed by atoms with E-state index in [0.29, 0.717) is 0 Å². The SMILES string of the molecule is O=C(Nc1ccc(F)nc1F)c1ccncc1F. The molecule has 1 N–H and O–H groups in total. The number of pyridine rings is 2. The molecular weight excluding hydrogens is 247 g/mol. The van der Waals surface area contributed by atoms with Crippen LogP contribution in [0.1, 0.15) is 10.4 Å². The monoisotopic (exact) mass is 253 g/mol. The van der Waals surface area contributed by atoms with Crippen molar-refractivity contribution in [1.29, 1.82) is 0 Å². The third-order valence-electron chi connectivity index (χ3n) is 2.08. The van der Waals surface area contributed by atoms with Crippen LogP contribution >= 0.6 is 0 Å². The Kier molecular flexibility index (Phi) is 3.22. The van der Waals surface area contributed by atoms with Crippen LogP contribution in [0.4, 0.5) is 18.9 Å². The first-order valence-electron chi connectivity index (χ1n) is 4.81. The van der Waals surface area contributed by atoms with E-state index < -0.39 is 23.6 Å². The summed E-state index contributed by atoms with van der Waals surface area (Å²) >= 11 is 0. The molecule has 0 aliphatic heterocycles. The summed E-state index contributed by atoms with van der Waals surface area (Å²) in [6.45, 7) is 0. The van der Waals surface area contributed by atoms with Gasteiger partial charge in [0.15, 0.2) is 5.82 Å². The Morgan fingerprint density at radius 2 is 1.94 bits per heavy atom. The Morgan fingerprint density at radius 3 is 2.61 bits per heavy atom. The van der Waals surface area contributed by atoms with Gasteiger partial charge in [-0.15, -0.1) is 0 Å². The summed E-state index contributed by atoms with van der Waals surface area (Å²) in [6.07, 6.45) is 2.07. The lowest BCUT2D eigenvalue weighted by Crippen LogP contribution is -2.15. The van der Waals surface area contributed by atoms with E-state index >= 15 is 0 Å². The summed E-state index contributed by atoms with van der Waals surface area (Å²) in [5, 5.41) is 2.08. The zero-order valence-electron chi connectivity index (χ0n) is 8.82. The summed E-state index contributed by atoms with van der Waals surface area (Å²) in [5.41, 5.74) is -0.633. The lowest BCUT2D eigenvalue weighted by Gasteiger charge is -2.06. The van der Waals surface area contributed by atoms with Crippen molar-refractivity contribution < 1.29 is 18.0 Å². The van der Waals surface area contributed by atoms with Crippen molar-refractivity contribution in [2.24, 2.45) is 0 Å². The highest BCUT2D eigenvalue weighted by atomic mass is 19.1. The van der Waals surface area contributed by atoms with Gasteiger partial charge in [0.25, 0.3) is 5.91 Å². The first kappa shape index (κ1) is 12.0. The van der Waals surface area contributed by atoms with Crippen LogP contribution in [-0.2, 0) is 0 Å². The van der Waals surface area contributed by atoms with Crippen molar-refractivity contribution in [3.05, 3.63) is 53.9 Å². The third-order valence-corrected chi connectivity index (χ3v) is 2.08. The van der Waals surface area contributed by atoms with Gasteiger partial charge in [-0.25, -0.2) is 4.39 Å². The molecule has 0 unspecified atom stereocenters. The first-order chi connectivity index (χ1) is 8.58. The predicted octanol–water partition coefficient (Wildman–Crippen LogP) is 2.15. The number of rotatable bonds is 2. The van der Waals surface area contributed by atoms with Crippen LogP contribution in [-0.4, -0.2) is 15.9 Å². The van der Waals surface area contributed by atoms with E-state index in [2.05, 4.69) is 15.3 Å². The summed E-state index contributed by atoms with van der Waals surface area (Å²) in [6, 6.07) is 3.01. The summed E-state index contributed by atoms with van der Waals surface area (Å²) in [4.78, 5) is 18.0. The van der Waals surface area contributed by atoms with E-state index in [1.807, 2.05) is 0 Å². The maximum Gasteiger partial charge on any atom is 0.258 e. The topological polar surface area (TPSA) is 54.9 Å². The number of halogens is 3. The van der Waals surface area contributed by atoms with Gasteiger partial charge >= 0.3 is 0 Å². The van der Waals surface area contributed by atoms with E-state index in [1.54, 1.807) is 0 Å². The minimum absolute atomic E-state index is 0.297. The largest absolute Gasteiger partial charge is 0.318 e. The van der Waals surface area contributed by atoms with Crippen LogP contribution in [0.15, 0.2) is 30.6 Å². The highest BCUT2D eigenvalue weighted by Gasteiger charge is 2.14. The smallest absolute Gasteiger partial charge is 0.258 e. The van der Waals surface area contributed by atoms with Crippen LogP contribution in [0.5, 0.6) is 0 Å². The first-order valence-corrected chi connectivity index (χ1v) is 4.81. The van der Waals surface area contributed by atoms with Gasteiger partial charge in [0.1, 0.15) is 0 Å². The Morgan fingerprint density at radius 1 is 1.17 bits per heavy atom. The molecule has 2 aromatic rings. The molecule has 2 aromatic heterocycles. The van der Waals surface area contributed by atoms with Crippen molar-refractivity contribution in [3.63, 3.8) is 0 Å². The number of nitrogens with zero attached hydrogens (tertiary/aromatic N) is 2. The number of nitrogens with one attached hydrogen (secondary N) is 1. The maximum atomic E-state index is 13.2. The zero-order valence-corrected chi connectivity index (χ0v) is 8.82. The van der Waals surface area contributed by atoms with Gasteiger partial charge < -0.3 is 5.32 Å². The molecule has 4 nitrogen and oxygen atoms in total. The van der Waals surface area contributed by atoms with Gasteiger partial charge in [0.2, 0.25) is 11.9 Å². The Balaban J connectivity index is 2.24. The standard InChI is InChI=1S/C11H6F3N3O/c12-7-5-15-4-3-6(7)11(18)16-8-1-2-9(13)17-10(8)14/h1-5H,(H,16,18). The molecule has 92 valence electrons. The van der Waals surface area contributed by atoms with E-state index in [4.69, 9.17) is 0 Å². The number of anilines is 1. The van der Waals surface area contributed by atoms with Gasteiger partial charge in [-0.3, -0.25) is 9.78 Å². The highest BCUT2D eigenvalue weighted by molar-refractivity contribution is 6.04. The Bertz CT molecular complexity index is 604. The molecule has 0 saturated heterocycles. The van der Waals surface area contributed by atoms with Crippen molar-refractivity contribution in [2.45, 2.75) is 0 Å². The minimum atomic E-state index is -1.18. The van der Waals surface area contributed by atoms with E-state index in [1.165, 1.54) is 6.20 Å². The Hall–Kier alpha value is -2.44. The predicted molar refractivity (Wildman–Crippen MR) is 56.3 cm³/mol. The van der Waals surface area contributed by atoms with Crippen LogP contribution in [0, 0.1) is 17.7 Å². The van der Waals surface area contributed by atoms with Crippen molar-refractivity contribution in [1.82, 2.24) is 9.97 Å². The summed E-state index contributed by atoms with van der Waals surface area (Å²) in [7, 11) is 0. The van der Waals surface area contributed by atoms with Crippen LogP contribution in [0.3, 0.4) is 0 Å². The fourth-order valence-corrected chi connectivity index (χ4v) is 1.25. The molecule has 0 bridgehead atoms. The fraction of sp³-hybridized carbons (Fsp3) is 0. The Labute approximate surface area is 99.5 Å². The zero-order chi connectivity index (χ0) is 13.1. The minimum Gasteiger partial charge on any atom is -0.318 e. The lowest BCUT2D eigenvalue weighted by atomic mass is 10.2. The van der Waals surface area contributed by atoms with Crippen LogP contribution in [0.25, 0.3) is 0 Å². The number of carbonyl (C=O) groups is 1. The normalized spacial score (nSPS) is 10.2. The van der Waals surface area contributed by atoms with Gasteiger partial charge in [0.05, 0.1) is 17.4 Å². The number of amides is 1. The molecule has 0 spiro atoms. The highest BCUT2D eigenvalue weighted by Crippen LogP contribution is 2.14. The van der Waals surface area contributed by atoms with Crippen molar-refractivity contribution in [3.8, 4) is 0 Å². The molecule has 7 heteroatoms. The molecule has 0 saturated carbocycles. The van der Waals surface area contributed by atoms with Gasteiger partial charge in [0, 0.05) is 6.20 Å². The average Bonchev–Trinajstić information content (AvgIpc) is 2.33. The van der Waals surface area contributed by atoms with Crippen LogP contribution in [0.2, 0.25) is 0 Å². The molecule has 0 radical (unpaired) electrons. The molecule has 2 rings (SSSR count). The third kappa shape index (κ3) is 2.45. The number of carbonyl (C=O) groups excluding carboxylic acids is 1. The van der Waals surface area contributed by atoms with E-state index in [-0.39, 0.29) is 11.3 Å². The van der Waals surface area contributed by atoms with Crippen LogP contribution < -0.4 is 5.32 Å². The second-order valence-corrected chi connectivity index (χ2v) is 3.28. The summed E-state index contributed by atoms with van der Waals surface area (Å²) < 4.78 is 38.9. The quantitative estimate of drug-likeness (QED) is 0.834. The van der Waals surface area contributed by atoms with Gasteiger partial charge in [-0.05, 0) is 18.2 Å². The fourth-order valence-electron chi connectivity index (χ4n) is 1.25. The molecule has 0 aliphatic rings. The molecule has 1 amide bonds. The van der Waals surface area contributed by atoms with E-state index in [9.17, 15) is 18.0 Å². The molecule has 0 aliphatic carbocycles. The van der Waals surface area contributed by atoms with Gasteiger partial charge in [-0.2, -0.15) is 13.8 Å². The van der Waals surface area contributed by atoms with Crippen molar-refractivity contribution >= 4 is 11.6 Å². The molecule has 18 heavy (non-hydrogen) atoms. The number of hydrogen-bond donors (Lipinski definition) is 1. The lowest BCUT2D eigenvalue weighted by molar-refractivity contribution is 0.102. The molecule has 0 atom stereocenters. The number of hydrogen-bond acceptors (Lipinski definition) is 3. The number of aromatic nitrogens is 2.